The van der Waals surface area contributed by atoms with Gasteiger partial charge in [0.05, 0.1) is 15.9 Å². The predicted octanol–water partition coefficient (Wildman–Crippen LogP) is 2.30. The molecule has 3 heterocycles. The zero-order valence-corrected chi connectivity index (χ0v) is 10.0. The summed E-state index contributed by atoms with van der Waals surface area (Å²) in [5, 5.41) is 1.96. The normalized spacial score (nSPS) is 34.1. The Morgan fingerprint density at radius 1 is 1.44 bits per heavy atom. The van der Waals surface area contributed by atoms with Crippen molar-refractivity contribution in [2.75, 3.05) is 5.73 Å². The van der Waals surface area contributed by atoms with Crippen LogP contribution in [-0.4, -0.2) is 22.8 Å². The van der Waals surface area contributed by atoms with E-state index in [0.717, 1.165) is 16.5 Å². The average Bonchev–Trinajstić information content (AvgIpc) is 2.65. The van der Waals surface area contributed by atoms with E-state index in [1.165, 1.54) is 9.78 Å². The van der Waals surface area contributed by atoms with E-state index in [-0.39, 0.29) is 5.54 Å². The van der Waals surface area contributed by atoms with Crippen LogP contribution in [0.15, 0.2) is 33.1 Å². The average molecular weight is 247 g/mol. The lowest BCUT2D eigenvalue weighted by Gasteiger charge is -2.07. The lowest BCUT2D eigenvalue weighted by molar-refractivity contribution is 0.799. The Hall–Kier alpha value is -1.07. The second-order valence-corrected chi connectivity index (χ2v) is 6.34. The molecule has 2 unspecified atom stereocenters. The van der Waals surface area contributed by atoms with E-state index in [1.54, 1.807) is 23.1 Å². The second-order valence-electron chi connectivity index (χ2n) is 4.19. The van der Waals surface area contributed by atoms with Gasteiger partial charge in [0.25, 0.3) is 0 Å². The highest BCUT2D eigenvalue weighted by Crippen LogP contribution is 2.59. The molecule has 0 aromatic carbocycles. The molecule has 2 atom stereocenters. The first-order valence-corrected chi connectivity index (χ1v) is 6.78. The lowest BCUT2D eigenvalue weighted by atomic mass is 10.2. The van der Waals surface area contributed by atoms with Gasteiger partial charge in [-0.05, 0) is 18.2 Å². The minimum atomic E-state index is 0.0213. The summed E-state index contributed by atoms with van der Waals surface area (Å²) in [6.07, 6.45) is 5.09. The number of dihydropyridines is 1. The number of anilines is 1. The minimum Gasteiger partial charge on any atom is -0.391 e. The number of thiophene rings is 1. The summed E-state index contributed by atoms with van der Waals surface area (Å²) in [6.45, 7) is 0. The maximum Gasteiger partial charge on any atom is 0.118 e. The van der Waals surface area contributed by atoms with Crippen LogP contribution in [0.1, 0.15) is 11.3 Å². The van der Waals surface area contributed by atoms with Crippen LogP contribution in [-0.2, 0) is 0 Å². The van der Waals surface area contributed by atoms with Crippen LogP contribution in [0, 0.1) is 0 Å². The van der Waals surface area contributed by atoms with E-state index in [0.29, 0.717) is 6.04 Å². The van der Waals surface area contributed by atoms with Crippen LogP contribution in [0.3, 0.4) is 0 Å². The predicted molar refractivity (Wildman–Crippen MR) is 70.6 cm³/mol. The van der Waals surface area contributed by atoms with E-state index in [2.05, 4.69) is 17.1 Å². The van der Waals surface area contributed by atoms with Gasteiger partial charge < -0.3 is 5.73 Å². The van der Waals surface area contributed by atoms with Gasteiger partial charge in [-0.1, -0.05) is 11.8 Å². The molecule has 16 heavy (non-hydrogen) atoms. The first-order chi connectivity index (χ1) is 7.78. The molecule has 0 amide bonds. The highest BCUT2D eigenvalue weighted by Gasteiger charge is 2.61. The molecular weight excluding hydrogens is 238 g/mol. The van der Waals surface area contributed by atoms with Gasteiger partial charge in [-0.3, -0.25) is 9.98 Å². The molecule has 1 fully saturated rings. The largest absolute Gasteiger partial charge is 0.391 e. The van der Waals surface area contributed by atoms with Crippen molar-refractivity contribution in [3.05, 3.63) is 28.0 Å². The van der Waals surface area contributed by atoms with Crippen LogP contribution in [0.5, 0.6) is 0 Å². The maximum absolute atomic E-state index is 5.75. The fourth-order valence-corrected chi connectivity index (χ4v) is 4.28. The molecule has 2 aliphatic heterocycles. The topological polar surface area (TPSA) is 50.7 Å². The highest BCUT2D eigenvalue weighted by atomic mass is 32.2. The number of nitrogens with two attached hydrogens (primary N) is 1. The maximum atomic E-state index is 5.75. The van der Waals surface area contributed by atoms with E-state index < -0.39 is 0 Å². The summed E-state index contributed by atoms with van der Waals surface area (Å²) in [4.78, 5) is 11.8. The fourth-order valence-electron chi connectivity index (χ4n) is 2.21. The molecule has 0 saturated heterocycles. The molecule has 3 nitrogen and oxygen atoms in total. The molecule has 2 N–H and O–H groups in total. The Kier molecular flexibility index (Phi) is 1.57. The number of rotatable bonds is 1. The van der Waals surface area contributed by atoms with Crippen LogP contribution in [0.25, 0.3) is 0 Å². The third-order valence-electron chi connectivity index (χ3n) is 3.16. The molecule has 4 rings (SSSR count). The first-order valence-electron chi connectivity index (χ1n) is 5.15. The summed E-state index contributed by atoms with van der Waals surface area (Å²) in [6, 6.07) is 4.39. The first kappa shape index (κ1) is 9.01. The van der Waals surface area contributed by atoms with E-state index in [9.17, 15) is 0 Å². The molecule has 1 aromatic rings. The summed E-state index contributed by atoms with van der Waals surface area (Å²) >= 11 is 3.38. The van der Waals surface area contributed by atoms with Gasteiger partial charge in [-0.25, -0.2) is 0 Å². The van der Waals surface area contributed by atoms with Crippen LogP contribution in [0.4, 0.5) is 5.00 Å². The summed E-state index contributed by atoms with van der Waals surface area (Å²) < 4.78 is 0. The highest BCUT2D eigenvalue weighted by molar-refractivity contribution is 8.18. The van der Waals surface area contributed by atoms with Crippen LogP contribution in [0.2, 0.25) is 0 Å². The third kappa shape index (κ3) is 1.05. The van der Waals surface area contributed by atoms with Gasteiger partial charge in [0.1, 0.15) is 10.6 Å². The quantitative estimate of drug-likeness (QED) is 0.828. The van der Waals surface area contributed by atoms with Crippen molar-refractivity contribution in [2.24, 2.45) is 9.98 Å². The van der Waals surface area contributed by atoms with Gasteiger partial charge in [0.15, 0.2) is 0 Å². The standard InChI is InChI=1S/C11H9N3S2/c12-9-2-1-6(15-9)10-14-11-5-7(11)13-4-3-8(11)16-10/h1-4,7H,5,12H2. The van der Waals surface area contributed by atoms with Gasteiger partial charge >= 0.3 is 0 Å². The fraction of sp³-hybridized carbons (Fsp3) is 0.273. The van der Waals surface area contributed by atoms with E-state index in [1.807, 2.05) is 12.3 Å². The third-order valence-corrected chi connectivity index (χ3v) is 5.42. The molecular formula is C11H9N3S2. The Balaban J connectivity index is 1.77. The molecule has 0 bridgehead atoms. The van der Waals surface area contributed by atoms with E-state index >= 15 is 0 Å². The lowest BCUT2D eigenvalue weighted by Crippen LogP contribution is -2.11. The molecule has 1 saturated carbocycles. The van der Waals surface area contributed by atoms with Crippen molar-refractivity contribution in [2.45, 2.75) is 18.0 Å². The summed E-state index contributed by atoms with van der Waals surface area (Å²) in [7, 11) is 0. The number of hydrogen-bond donors (Lipinski definition) is 1. The minimum absolute atomic E-state index is 0.0213. The van der Waals surface area contributed by atoms with Crippen molar-refractivity contribution in [1.29, 1.82) is 0 Å². The van der Waals surface area contributed by atoms with Crippen molar-refractivity contribution in [3.8, 4) is 0 Å². The molecule has 1 aromatic heterocycles. The van der Waals surface area contributed by atoms with E-state index in [4.69, 9.17) is 10.7 Å². The molecule has 80 valence electrons. The second kappa shape index (κ2) is 2.78. The summed E-state index contributed by atoms with van der Waals surface area (Å²) in [5.41, 5.74) is 5.77. The molecule has 1 aliphatic carbocycles. The zero-order chi connectivity index (χ0) is 10.8. The van der Waals surface area contributed by atoms with Crippen LogP contribution >= 0.6 is 23.1 Å². The number of nitrogens with zero attached hydrogens (tertiary/aromatic N) is 2. The zero-order valence-electron chi connectivity index (χ0n) is 8.38. The molecule has 5 heteroatoms. The van der Waals surface area contributed by atoms with Gasteiger partial charge in [0.2, 0.25) is 0 Å². The number of allylic oxidation sites excluding steroid dienone is 1. The SMILES string of the molecule is Nc1ccc(C2=NC34CC3N=CC=C4S2)s1. The van der Waals surface area contributed by atoms with Crippen molar-refractivity contribution in [1.82, 2.24) is 0 Å². The number of hydrogen-bond acceptors (Lipinski definition) is 5. The Labute approximate surface area is 101 Å². The van der Waals surface area contributed by atoms with Crippen molar-refractivity contribution >= 4 is 39.4 Å². The molecule has 3 aliphatic rings. The number of thioether (sulfide) groups is 1. The monoisotopic (exact) mass is 247 g/mol. The number of nitrogen functional groups attached to an aromatic ring is 1. The smallest absolute Gasteiger partial charge is 0.118 e. The molecule has 1 spiro atoms. The van der Waals surface area contributed by atoms with Gasteiger partial charge in [0, 0.05) is 17.5 Å². The molecule has 0 radical (unpaired) electrons. The number of aliphatic imine (C=N–C) groups is 2. The van der Waals surface area contributed by atoms with Crippen molar-refractivity contribution < 1.29 is 0 Å². The van der Waals surface area contributed by atoms with Gasteiger partial charge in [-0.2, -0.15) is 0 Å². The van der Waals surface area contributed by atoms with Gasteiger partial charge in [-0.15, -0.1) is 11.3 Å². The summed E-state index contributed by atoms with van der Waals surface area (Å²) in [5.74, 6) is 0. The Morgan fingerprint density at radius 3 is 3.12 bits per heavy atom. The van der Waals surface area contributed by atoms with Crippen molar-refractivity contribution in [3.63, 3.8) is 0 Å². The Morgan fingerprint density at radius 2 is 2.38 bits per heavy atom. The Bertz CT molecular complexity index is 570. The van der Waals surface area contributed by atoms with Crippen LogP contribution < -0.4 is 5.73 Å².